The van der Waals surface area contributed by atoms with Crippen LogP contribution in [0.15, 0.2) is 24.3 Å². The number of nitrogen functional groups attached to an aromatic ring is 1. The Balaban J connectivity index is 1.97. The van der Waals surface area contributed by atoms with Crippen molar-refractivity contribution in [2.24, 2.45) is 5.92 Å². The number of tetrazole rings is 1. The van der Waals surface area contributed by atoms with Gasteiger partial charge in [-0.25, -0.2) is 4.68 Å². The van der Waals surface area contributed by atoms with Crippen LogP contribution in [-0.2, 0) is 0 Å². The Morgan fingerprint density at radius 2 is 2.00 bits per heavy atom. The molecular formula is C12H15N5. The first kappa shape index (κ1) is 10.3. The number of rotatable bonds is 3. The van der Waals surface area contributed by atoms with E-state index in [0.29, 0.717) is 6.04 Å². The van der Waals surface area contributed by atoms with Crippen molar-refractivity contribution >= 4 is 5.69 Å². The van der Waals surface area contributed by atoms with Gasteiger partial charge in [0, 0.05) is 11.3 Å². The van der Waals surface area contributed by atoms with Crippen LogP contribution in [-0.4, -0.2) is 20.2 Å². The number of hydrogen-bond acceptors (Lipinski definition) is 4. The zero-order valence-electron chi connectivity index (χ0n) is 9.74. The third-order valence-corrected chi connectivity index (χ3v) is 3.35. The maximum atomic E-state index is 5.68. The third-order valence-electron chi connectivity index (χ3n) is 3.35. The minimum atomic E-state index is 0.373. The molecule has 0 radical (unpaired) electrons. The summed E-state index contributed by atoms with van der Waals surface area (Å²) in [4.78, 5) is 0. The summed E-state index contributed by atoms with van der Waals surface area (Å²) >= 11 is 0. The predicted octanol–water partition coefficient (Wildman–Crippen LogP) is 1.89. The van der Waals surface area contributed by atoms with E-state index in [2.05, 4.69) is 22.4 Å². The fourth-order valence-corrected chi connectivity index (χ4v) is 2.07. The number of anilines is 1. The summed E-state index contributed by atoms with van der Waals surface area (Å²) < 4.78 is 1.92. The third kappa shape index (κ3) is 1.88. The quantitative estimate of drug-likeness (QED) is 0.816. The highest BCUT2D eigenvalue weighted by molar-refractivity contribution is 5.58. The van der Waals surface area contributed by atoms with E-state index in [0.717, 1.165) is 23.0 Å². The monoisotopic (exact) mass is 229 g/mol. The Bertz CT molecular complexity index is 512. The molecule has 1 aliphatic carbocycles. The number of nitrogens with zero attached hydrogens (tertiary/aromatic N) is 4. The minimum Gasteiger partial charge on any atom is -0.399 e. The summed E-state index contributed by atoms with van der Waals surface area (Å²) in [6.07, 6.45) is 2.56. The molecule has 88 valence electrons. The molecule has 1 atom stereocenters. The van der Waals surface area contributed by atoms with Gasteiger partial charge in [0.25, 0.3) is 0 Å². The molecule has 5 heteroatoms. The maximum Gasteiger partial charge on any atom is 0.182 e. The van der Waals surface area contributed by atoms with Crippen LogP contribution in [0.3, 0.4) is 0 Å². The lowest BCUT2D eigenvalue weighted by Gasteiger charge is -2.12. The van der Waals surface area contributed by atoms with Crippen LogP contribution in [0.2, 0.25) is 0 Å². The smallest absolute Gasteiger partial charge is 0.182 e. The number of benzene rings is 1. The van der Waals surface area contributed by atoms with Crippen LogP contribution < -0.4 is 5.73 Å². The van der Waals surface area contributed by atoms with Gasteiger partial charge in [0.2, 0.25) is 0 Å². The Kier molecular flexibility index (Phi) is 2.31. The molecule has 17 heavy (non-hydrogen) atoms. The van der Waals surface area contributed by atoms with Gasteiger partial charge in [-0.2, -0.15) is 0 Å². The van der Waals surface area contributed by atoms with Gasteiger partial charge >= 0.3 is 0 Å². The van der Waals surface area contributed by atoms with E-state index in [1.807, 2.05) is 28.9 Å². The van der Waals surface area contributed by atoms with Gasteiger partial charge in [0.1, 0.15) is 0 Å². The Morgan fingerprint density at radius 3 is 2.65 bits per heavy atom. The van der Waals surface area contributed by atoms with Crippen molar-refractivity contribution in [2.45, 2.75) is 25.8 Å². The Labute approximate surface area is 99.6 Å². The fraction of sp³-hybridized carbons (Fsp3) is 0.417. The predicted molar refractivity (Wildman–Crippen MR) is 65.1 cm³/mol. The average molecular weight is 229 g/mol. The minimum absolute atomic E-state index is 0.373. The molecule has 0 aliphatic heterocycles. The molecule has 1 fully saturated rings. The first-order chi connectivity index (χ1) is 8.25. The van der Waals surface area contributed by atoms with Crippen LogP contribution in [0.4, 0.5) is 5.69 Å². The molecule has 3 rings (SSSR count). The van der Waals surface area contributed by atoms with Crippen molar-refractivity contribution in [2.75, 3.05) is 5.73 Å². The van der Waals surface area contributed by atoms with Gasteiger partial charge in [0.15, 0.2) is 5.82 Å². The molecule has 2 aromatic rings. The molecule has 1 aromatic carbocycles. The molecule has 1 unspecified atom stereocenters. The lowest BCUT2D eigenvalue weighted by Crippen LogP contribution is -2.10. The second kappa shape index (κ2) is 3.84. The van der Waals surface area contributed by atoms with Crippen LogP contribution in [0.25, 0.3) is 11.4 Å². The molecule has 0 saturated heterocycles. The standard InChI is InChI=1S/C12H15N5/c1-8(9-2-3-9)17-12(14-15-16-17)10-4-6-11(13)7-5-10/h4-9H,2-3,13H2,1H3. The van der Waals surface area contributed by atoms with E-state index in [1.165, 1.54) is 12.8 Å². The zero-order valence-corrected chi connectivity index (χ0v) is 9.74. The van der Waals surface area contributed by atoms with Gasteiger partial charge in [-0.15, -0.1) is 5.10 Å². The fourth-order valence-electron chi connectivity index (χ4n) is 2.07. The van der Waals surface area contributed by atoms with Gasteiger partial charge < -0.3 is 5.73 Å². The maximum absolute atomic E-state index is 5.68. The molecule has 1 saturated carbocycles. The zero-order chi connectivity index (χ0) is 11.8. The van der Waals surface area contributed by atoms with E-state index >= 15 is 0 Å². The van der Waals surface area contributed by atoms with Crippen LogP contribution in [0.1, 0.15) is 25.8 Å². The summed E-state index contributed by atoms with van der Waals surface area (Å²) in [6.45, 7) is 2.18. The largest absolute Gasteiger partial charge is 0.399 e. The lowest BCUT2D eigenvalue weighted by molar-refractivity contribution is 0.433. The van der Waals surface area contributed by atoms with E-state index < -0.39 is 0 Å². The average Bonchev–Trinajstić information content (AvgIpc) is 3.07. The highest BCUT2D eigenvalue weighted by Gasteiger charge is 2.31. The van der Waals surface area contributed by atoms with E-state index in [1.54, 1.807) is 0 Å². The van der Waals surface area contributed by atoms with Crippen molar-refractivity contribution in [3.8, 4) is 11.4 Å². The van der Waals surface area contributed by atoms with Crippen molar-refractivity contribution in [1.82, 2.24) is 20.2 Å². The molecular weight excluding hydrogens is 214 g/mol. The highest BCUT2D eigenvalue weighted by Crippen LogP contribution is 2.40. The Morgan fingerprint density at radius 1 is 1.29 bits per heavy atom. The molecule has 0 spiro atoms. The molecule has 0 bridgehead atoms. The van der Waals surface area contributed by atoms with E-state index in [-0.39, 0.29) is 0 Å². The molecule has 0 amide bonds. The summed E-state index contributed by atoms with van der Waals surface area (Å²) in [5, 5.41) is 12.0. The van der Waals surface area contributed by atoms with Crippen molar-refractivity contribution < 1.29 is 0 Å². The van der Waals surface area contributed by atoms with Crippen LogP contribution in [0, 0.1) is 5.92 Å². The number of nitrogens with two attached hydrogens (primary N) is 1. The molecule has 5 nitrogen and oxygen atoms in total. The SMILES string of the molecule is CC(C1CC1)n1nnnc1-c1ccc(N)cc1. The van der Waals surface area contributed by atoms with Crippen LogP contribution >= 0.6 is 0 Å². The first-order valence-corrected chi connectivity index (χ1v) is 5.89. The van der Waals surface area contributed by atoms with Gasteiger partial charge in [-0.3, -0.25) is 0 Å². The molecule has 2 N–H and O–H groups in total. The Hall–Kier alpha value is -1.91. The molecule has 1 heterocycles. The normalized spacial score (nSPS) is 17.0. The van der Waals surface area contributed by atoms with Gasteiger partial charge in [0.05, 0.1) is 6.04 Å². The van der Waals surface area contributed by atoms with Gasteiger partial charge in [-0.1, -0.05) is 0 Å². The van der Waals surface area contributed by atoms with Crippen molar-refractivity contribution in [1.29, 1.82) is 0 Å². The number of hydrogen-bond donors (Lipinski definition) is 1. The summed E-state index contributed by atoms with van der Waals surface area (Å²) in [5.74, 6) is 1.55. The first-order valence-electron chi connectivity index (χ1n) is 5.89. The summed E-state index contributed by atoms with van der Waals surface area (Å²) in [6, 6.07) is 8.03. The highest BCUT2D eigenvalue weighted by atomic mass is 15.5. The molecule has 1 aromatic heterocycles. The lowest BCUT2D eigenvalue weighted by atomic mass is 10.1. The molecule has 1 aliphatic rings. The van der Waals surface area contributed by atoms with Crippen molar-refractivity contribution in [3.63, 3.8) is 0 Å². The second-order valence-corrected chi connectivity index (χ2v) is 4.65. The van der Waals surface area contributed by atoms with E-state index in [9.17, 15) is 0 Å². The van der Waals surface area contributed by atoms with E-state index in [4.69, 9.17) is 5.73 Å². The summed E-state index contributed by atoms with van der Waals surface area (Å²) in [7, 11) is 0. The number of aromatic nitrogens is 4. The van der Waals surface area contributed by atoms with Gasteiger partial charge in [-0.05, 0) is 60.4 Å². The topological polar surface area (TPSA) is 69.6 Å². The van der Waals surface area contributed by atoms with Crippen LogP contribution in [0.5, 0.6) is 0 Å². The second-order valence-electron chi connectivity index (χ2n) is 4.65. The summed E-state index contributed by atoms with van der Waals surface area (Å²) in [5.41, 5.74) is 7.44. The van der Waals surface area contributed by atoms with Crippen molar-refractivity contribution in [3.05, 3.63) is 24.3 Å².